The van der Waals surface area contributed by atoms with Crippen molar-refractivity contribution in [3.63, 3.8) is 0 Å². The van der Waals surface area contributed by atoms with Crippen LogP contribution in [0.5, 0.6) is 5.75 Å². The highest BCUT2D eigenvalue weighted by Crippen LogP contribution is 2.17. The van der Waals surface area contributed by atoms with Crippen molar-refractivity contribution in [2.75, 3.05) is 13.2 Å². The van der Waals surface area contributed by atoms with Gasteiger partial charge in [0, 0.05) is 6.54 Å². The topological polar surface area (TPSA) is 47.3 Å². The van der Waals surface area contributed by atoms with Crippen molar-refractivity contribution in [3.8, 4) is 5.75 Å². The van der Waals surface area contributed by atoms with Gasteiger partial charge < -0.3 is 14.4 Å². The molecule has 1 N–H and O–H groups in total. The number of ether oxygens (including phenoxy) is 1. The number of rotatable bonds is 5. The molecule has 0 fully saturated rings. The average Bonchev–Trinajstić information content (AvgIpc) is 2.89. The molecule has 0 atom stereocenters. The van der Waals surface area contributed by atoms with Crippen molar-refractivity contribution in [1.82, 2.24) is 9.55 Å². The van der Waals surface area contributed by atoms with Crippen LogP contribution in [0.4, 0.5) is 0 Å². The summed E-state index contributed by atoms with van der Waals surface area (Å²) in [5.74, 6) is 0.779. The quantitative estimate of drug-likeness (QED) is 0.773. The fraction of sp³-hybridized carbons (Fsp3) is 0.188. The molecular weight excluding hydrogens is 252 g/mol. The third kappa shape index (κ3) is 2.65. The van der Waals surface area contributed by atoms with Crippen LogP contribution in [-0.2, 0) is 6.54 Å². The average molecular weight is 268 g/mol. The molecule has 1 aromatic heterocycles. The third-order valence-electron chi connectivity index (χ3n) is 3.14. The molecule has 0 radical (unpaired) electrons. The zero-order chi connectivity index (χ0) is 13.8. The molecule has 0 unspecified atom stereocenters. The van der Waals surface area contributed by atoms with E-state index in [-0.39, 0.29) is 6.61 Å². The number of imidazole rings is 1. The van der Waals surface area contributed by atoms with E-state index in [1.54, 1.807) is 0 Å². The molecule has 20 heavy (non-hydrogen) atoms. The number of hydrogen-bond donors (Lipinski definition) is 1. The molecule has 0 aliphatic rings. The predicted molar refractivity (Wildman–Crippen MR) is 77.9 cm³/mol. The summed E-state index contributed by atoms with van der Waals surface area (Å²) >= 11 is 0. The maximum atomic E-state index is 8.79. The lowest BCUT2D eigenvalue weighted by molar-refractivity contribution is 0.201. The van der Waals surface area contributed by atoms with Crippen LogP contribution in [0.25, 0.3) is 11.0 Å². The number of benzene rings is 2. The summed E-state index contributed by atoms with van der Waals surface area (Å²) in [6.07, 6.45) is 1.85. The van der Waals surface area contributed by atoms with Crippen LogP contribution in [-0.4, -0.2) is 27.9 Å². The fourth-order valence-corrected chi connectivity index (χ4v) is 2.23. The van der Waals surface area contributed by atoms with Gasteiger partial charge in [-0.25, -0.2) is 4.98 Å². The highest BCUT2D eigenvalue weighted by atomic mass is 16.5. The minimum atomic E-state index is 0.0242. The van der Waals surface area contributed by atoms with Crippen LogP contribution >= 0.6 is 0 Å². The van der Waals surface area contributed by atoms with Crippen molar-refractivity contribution < 1.29 is 9.84 Å². The summed E-state index contributed by atoms with van der Waals surface area (Å²) in [6, 6.07) is 16.0. The first kappa shape index (κ1) is 12.7. The van der Waals surface area contributed by atoms with E-state index in [2.05, 4.69) is 21.7 Å². The molecule has 0 saturated heterocycles. The molecule has 0 bridgehead atoms. The van der Waals surface area contributed by atoms with Gasteiger partial charge in [-0.2, -0.15) is 0 Å². The minimum absolute atomic E-state index is 0.0242. The number of nitrogens with zero attached hydrogens (tertiary/aromatic N) is 2. The SMILES string of the molecule is OCCOc1cccc(Cn2cnc3ccccc32)c1. The molecule has 3 rings (SSSR count). The maximum absolute atomic E-state index is 8.79. The second kappa shape index (κ2) is 5.75. The Kier molecular flexibility index (Phi) is 3.65. The van der Waals surface area contributed by atoms with Crippen LogP contribution < -0.4 is 4.74 Å². The molecule has 0 saturated carbocycles. The normalized spacial score (nSPS) is 10.8. The first-order chi connectivity index (χ1) is 9.86. The summed E-state index contributed by atoms with van der Waals surface area (Å²) in [5.41, 5.74) is 3.26. The van der Waals surface area contributed by atoms with E-state index in [0.29, 0.717) is 6.61 Å². The van der Waals surface area contributed by atoms with E-state index in [1.807, 2.05) is 42.7 Å². The Bertz CT molecular complexity index is 706. The largest absolute Gasteiger partial charge is 0.491 e. The van der Waals surface area contributed by atoms with Gasteiger partial charge in [0.2, 0.25) is 0 Å². The van der Waals surface area contributed by atoms with Gasteiger partial charge in [0.25, 0.3) is 0 Å². The number of fused-ring (bicyclic) bond motifs is 1. The van der Waals surface area contributed by atoms with E-state index in [9.17, 15) is 0 Å². The smallest absolute Gasteiger partial charge is 0.119 e. The Hall–Kier alpha value is -2.33. The van der Waals surface area contributed by atoms with E-state index >= 15 is 0 Å². The zero-order valence-corrected chi connectivity index (χ0v) is 11.1. The number of para-hydroxylation sites is 2. The second-order valence-corrected chi connectivity index (χ2v) is 4.58. The molecule has 0 aliphatic carbocycles. The van der Waals surface area contributed by atoms with E-state index < -0.39 is 0 Å². The summed E-state index contributed by atoms with van der Waals surface area (Å²) in [5, 5.41) is 8.79. The molecular formula is C16H16N2O2. The second-order valence-electron chi connectivity index (χ2n) is 4.58. The molecule has 2 aromatic carbocycles. The van der Waals surface area contributed by atoms with Crippen molar-refractivity contribution in [2.24, 2.45) is 0 Å². The van der Waals surface area contributed by atoms with Gasteiger partial charge in [0.05, 0.1) is 24.0 Å². The molecule has 0 amide bonds. The van der Waals surface area contributed by atoms with Crippen LogP contribution in [0.15, 0.2) is 54.9 Å². The lowest BCUT2D eigenvalue weighted by Gasteiger charge is -2.08. The van der Waals surface area contributed by atoms with Crippen LogP contribution in [0.3, 0.4) is 0 Å². The van der Waals surface area contributed by atoms with Gasteiger partial charge in [-0.15, -0.1) is 0 Å². The first-order valence-corrected chi connectivity index (χ1v) is 6.59. The highest BCUT2D eigenvalue weighted by molar-refractivity contribution is 5.75. The Balaban J connectivity index is 1.83. The van der Waals surface area contributed by atoms with E-state index in [1.165, 1.54) is 0 Å². The molecule has 4 heteroatoms. The van der Waals surface area contributed by atoms with E-state index in [0.717, 1.165) is 28.9 Å². The van der Waals surface area contributed by atoms with Gasteiger partial charge in [-0.05, 0) is 29.8 Å². The van der Waals surface area contributed by atoms with Gasteiger partial charge in [0.1, 0.15) is 12.4 Å². The Morgan fingerprint density at radius 3 is 2.90 bits per heavy atom. The van der Waals surface area contributed by atoms with Crippen molar-refractivity contribution in [2.45, 2.75) is 6.54 Å². The first-order valence-electron chi connectivity index (χ1n) is 6.59. The zero-order valence-electron chi connectivity index (χ0n) is 11.1. The Morgan fingerprint density at radius 2 is 2.00 bits per heavy atom. The predicted octanol–water partition coefficient (Wildman–Crippen LogP) is 2.46. The summed E-state index contributed by atoms with van der Waals surface area (Å²) in [7, 11) is 0. The maximum Gasteiger partial charge on any atom is 0.119 e. The lowest BCUT2D eigenvalue weighted by atomic mass is 10.2. The van der Waals surface area contributed by atoms with Crippen LogP contribution in [0.1, 0.15) is 5.56 Å². The Morgan fingerprint density at radius 1 is 1.10 bits per heavy atom. The van der Waals surface area contributed by atoms with Crippen LogP contribution in [0, 0.1) is 0 Å². The Labute approximate surface area is 117 Å². The highest BCUT2D eigenvalue weighted by Gasteiger charge is 2.03. The van der Waals surface area contributed by atoms with Gasteiger partial charge in [-0.1, -0.05) is 24.3 Å². The molecule has 3 aromatic rings. The van der Waals surface area contributed by atoms with Crippen molar-refractivity contribution in [1.29, 1.82) is 0 Å². The number of aliphatic hydroxyl groups is 1. The van der Waals surface area contributed by atoms with Gasteiger partial charge in [0.15, 0.2) is 0 Å². The van der Waals surface area contributed by atoms with Crippen LogP contribution in [0.2, 0.25) is 0 Å². The molecule has 4 nitrogen and oxygen atoms in total. The third-order valence-corrected chi connectivity index (χ3v) is 3.14. The monoisotopic (exact) mass is 268 g/mol. The summed E-state index contributed by atoms with van der Waals surface area (Å²) in [6.45, 7) is 1.09. The van der Waals surface area contributed by atoms with Gasteiger partial charge >= 0.3 is 0 Å². The molecule has 0 aliphatic heterocycles. The standard InChI is InChI=1S/C16H16N2O2/c19-8-9-20-14-5-3-4-13(10-14)11-18-12-17-15-6-1-2-7-16(15)18/h1-7,10,12,19H,8-9,11H2. The van der Waals surface area contributed by atoms with Gasteiger partial charge in [-0.3, -0.25) is 0 Å². The number of aromatic nitrogens is 2. The fourth-order valence-electron chi connectivity index (χ4n) is 2.23. The molecule has 0 spiro atoms. The molecule has 1 heterocycles. The van der Waals surface area contributed by atoms with Crippen molar-refractivity contribution >= 4 is 11.0 Å². The minimum Gasteiger partial charge on any atom is -0.491 e. The summed E-state index contributed by atoms with van der Waals surface area (Å²) < 4.78 is 7.54. The number of aliphatic hydroxyl groups excluding tert-OH is 1. The number of hydrogen-bond acceptors (Lipinski definition) is 3. The van der Waals surface area contributed by atoms with E-state index in [4.69, 9.17) is 9.84 Å². The molecule has 102 valence electrons. The van der Waals surface area contributed by atoms with Crippen molar-refractivity contribution in [3.05, 3.63) is 60.4 Å². The summed E-state index contributed by atoms with van der Waals surface area (Å²) in [4.78, 5) is 4.39. The lowest BCUT2D eigenvalue weighted by Crippen LogP contribution is -2.03.